The van der Waals surface area contributed by atoms with Crippen molar-refractivity contribution in [3.05, 3.63) is 164 Å². The second-order valence-electron chi connectivity index (χ2n) is 11.5. The van der Waals surface area contributed by atoms with Gasteiger partial charge in [0.25, 0.3) is 0 Å². The number of benzene rings is 5. The molecule has 0 aliphatic carbocycles. The Bertz CT molecular complexity index is 2600. The number of rotatable bonds is 6. The molecule has 0 N–H and O–H groups in total. The minimum Gasteiger partial charge on any atom is -0.501 e. The van der Waals surface area contributed by atoms with Gasteiger partial charge >= 0.3 is 21.1 Å². The summed E-state index contributed by atoms with van der Waals surface area (Å²) >= 11 is 0. The number of nitrogens with zero attached hydrogens (tertiary/aromatic N) is 5. The third-order valence-corrected chi connectivity index (χ3v) is 8.42. The Kier molecular flexibility index (Phi) is 8.00. The maximum Gasteiger partial charge on any atom is 2.00 e. The Labute approximate surface area is 297 Å². The van der Waals surface area contributed by atoms with E-state index in [2.05, 4.69) is 75.4 Å². The van der Waals surface area contributed by atoms with E-state index in [1.54, 1.807) is 6.20 Å². The Morgan fingerprint density at radius 1 is 0.571 bits per heavy atom. The van der Waals surface area contributed by atoms with Gasteiger partial charge in [-0.15, -0.1) is 17.7 Å². The van der Waals surface area contributed by atoms with Gasteiger partial charge in [-0.05, 0) is 69.0 Å². The van der Waals surface area contributed by atoms with Crippen molar-refractivity contribution in [2.75, 3.05) is 0 Å². The predicted octanol–water partition coefficient (Wildman–Crippen LogP) is 9.91. The Morgan fingerprint density at radius 3 is 2.14 bits per heavy atom. The number of aromatic nitrogens is 5. The molecule has 0 amide bonds. The van der Waals surface area contributed by atoms with E-state index in [0.29, 0.717) is 17.2 Å². The molecule has 9 rings (SSSR count). The van der Waals surface area contributed by atoms with E-state index in [0.717, 1.165) is 66.5 Å². The Hall–Kier alpha value is -5.97. The number of pyridine rings is 2. The van der Waals surface area contributed by atoms with Crippen LogP contribution in [0.3, 0.4) is 0 Å². The summed E-state index contributed by atoms with van der Waals surface area (Å²) in [5.41, 5.74) is 9.11. The number of hydrogen-bond acceptors (Lipinski definition) is 5. The standard InChI is InChI=1S/C42H25N5O.Pt/c1-3-11-28(12-4-1)30-19-20-43-41(25-30)47-39-18-10-8-16-36(39)42-40(47)26-35(27-44-42)48-34-22-32(29-13-5-2-6-14-29)21-33(23-34)38-24-31-15-7-9-17-37(31)45-46-38;/h1-22,24-25,27H;/q-2;+2. The van der Waals surface area contributed by atoms with Gasteiger partial charge in [-0.25, -0.2) is 10.1 Å². The summed E-state index contributed by atoms with van der Waals surface area (Å²) in [7, 11) is 0. The molecule has 0 aliphatic heterocycles. The van der Waals surface area contributed by atoms with E-state index in [4.69, 9.17) is 14.7 Å². The van der Waals surface area contributed by atoms with Crippen molar-refractivity contribution in [2.24, 2.45) is 0 Å². The van der Waals surface area contributed by atoms with Crippen molar-refractivity contribution in [2.45, 2.75) is 0 Å². The van der Waals surface area contributed by atoms with Gasteiger partial charge in [-0.2, -0.15) is 5.10 Å². The summed E-state index contributed by atoms with van der Waals surface area (Å²) in [5.74, 6) is 1.75. The Balaban J connectivity index is 0.00000348. The quantitative estimate of drug-likeness (QED) is 0.157. The first-order valence-electron chi connectivity index (χ1n) is 15.6. The fraction of sp³-hybridized carbons (Fsp3) is 0. The molecule has 0 saturated carbocycles. The van der Waals surface area contributed by atoms with Crippen molar-refractivity contribution in [1.82, 2.24) is 24.7 Å². The van der Waals surface area contributed by atoms with E-state index in [-0.39, 0.29) is 21.1 Å². The van der Waals surface area contributed by atoms with Gasteiger partial charge in [0.05, 0.1) is 5.52 Å². The van der Waals surface area contributed by atoms with Crippen LogP contribution in [0.5, 0.6) is 11.5 Å². The number of ether oxygens (including phenoxy) is 1. The van der Waals surface area contributed by atoms with E-state index >= 15 is 0 Å². The van der Waals surface area contributed by atoms with E-state index in [1.807, 2.05) is 97.2 Å². The summed E-state index contributed by atoms with van der Waals surface area (Å²) < 4.78 is 8.62. The first kappa shape index (κ1) is 30.4. The molecule has 0 saturated heterocycles. The monoisotopic (exact) mass is 810 g/mol. The topological polar surface area (TPSA) is 65.7 Å². The van der Waals surface area contributed by atoms with Crippen LogP contribution >= 0.6 is 0 Å². The molecule has 0 atom stereocenters. The van der Waals surface area contributed by atoms with Crippen LogP contribution in [0.15, 0.2) is 152 Å². The summed E-state index contributed by atoms with van der Waals surface area (Å²) in [6.45, 7) is 0. The molecule has 0 unspecified atom stereocenters. The van der Waals surface area contributed by atoms with Crippen LogP contribution in [0.2, 0.25) is 0 Å². The molecule has 234 valence electrons. The summed E-state index contributed by atoms with van der Waals surface area (Å²) in [4.78, 5) is 9.68. The summed E-state index contributed by atoms with van der Waals surface area (Å²) in [6.07, 6.45) is 3.55. The zero-order chi connectivity index (χ0) is 31.9. The molecular formula is C42H25N5OPt. The van der Waals surface area contributed by atoms with Crippen molar-refractivity contribution in [3.8, 4) is 50.8 Å². The SMILES string of the molecule is [Pt+2].[c-]1c(Oc2[c-]c3c(nc2)c2ccccc2n3-c2cc(-c3ccccc3)ccn2)cc(-c2ccccc2)cc1-c1cc2ccccc2nn1. The van der Waals surface area contributed by atoms with Crippen LogP contribution in [0.4, 0.5) is 0 Å². The summed E-state index contributed by atoms with van der Waals surface area (Å²) in [6, 6.07) is 53.8. The van der Waals surface area contributed by atoms with Crippen molar-refractivity contribution < 1.29 is 25.8 Å². The molecule has 0 spiro atoms. The van der Waals surface area contributed by atoms with Crippen LogP contribution in [-0.2, 0) is 21.1 Å². The molecule has 0 fully saturated rings. The van der Waals surface area contributed by atoms with Gasteiger partial charge in [0.15, 0.2) is 0 Å². The van der Waals surface area contributed by atoms with E-state index in [9.17, 15) is 0 Å². The third kappa shape index (κ3) is 5.77. The second kappa shape index (κ2) is 12.9. The molecule has 0 aliphatic rings. The molecule has 6 nitrogen and oxygen atoms in total. The first-order chi connectivity index (χ1) is 23.8. The van der Waals surface area contributed by atoms with Crippen LogP contribution in [0.25, 0.3) is 72.2 Å². The fourth-order valence-corrected chi connectivity index (χ4v) is 6.15. The molecular weight excluding hydrogens is 786 g/mol. The molecule has 4 aromatic heterocycles. The average molecular weight is 811 g/mol. The van der Waals surface area contributed by atoms with Gasteiger partial charge in [0.1, 0.15) is 5.82 Å². The van der Waals surface area contributed by atoms with Gasteiger partial charge in [0, 0.05) is 28.9 Å². The minimum atomic E-state index is 0. The van der Waals surface area contributed by atoms with E-state index < -0.39 is 0 Å². The minimum absolute atomic E-state index is 0. The zero-order valence-corrected chi connectivity index (χ0v) is 28.2. The van der Waals surface area contributed by atoms with Crippen LogP contribution in [0.1, 0.15) is 0 Å². The van der Waals surface area contributed by atoms with Gasteiger partial charge in [-0.3, -0.25) is 0 Å². The summed E-state index contributed by atoms with van der Waals surface area (Å²) in [5, 5.41) is 11.0. The van der Waals surface area contributed by atoms with Gasteiger partial charge in [-0.1, -0.05) is 121 Å². The molecule has 0 radical (unpaired) electrons. The molecule has 49 heavy (non-hydrogen) atoms. The van der Waals surface area contributed by atoms with E-state index in [1.165, 1.54) is 0 Å². The van der Waals surface area contributed by atoms with Crippen LogP contribution < -0.4 is 4.74 Å². The average Bonchev–Trinajstić information content (AvgIpc) is 3.49. The number of fused-ring (bicyclic) bond motifs is 4. The third-order valence-electron chi connectivity index (χ3n) is 8.42. The van der Waals surface area contributed by atoms with Crippen molar-refractivity contribution in [1.29, 1.82) is 0 Å². The van der Waals surface area contributed by atoms with Crippen LogP contribution in [0, 0.1) is 12.1 Å². The fourth-order valence-electron chi connectivity index (χ4n) is 6.15. The second-order valence-corrected chi connectivity index (χ2v) is 11.5. The maximum absolute atomic E-state index is 6.52. The predicted molar refractivity (Wildman–Crippen MR) is 190 cm³/mol. The van der Waals surface area contributed by atoms with Crippen molar-refractivity contribution >= 4 is 32.8 Å². The maximum atomic E-state index is 6.52. The Morgan fingerprint density at radius 2 is 1.31 bits per heavy atom. The smallest absolute Gasteiger partial charge is 0.501 e. The van der Waals surface area contributed by atoms with Gasteiger partial charge in [0.2, 0.25) is 0 Å². The zero-order valence-electron chi connectivity index (χ0n) is 25.9. The van der Waals surface area contributed by atoms with Crippen molar-refractivity contribution in [3.63, 3.8) is 0 Å². The molecule has 7 heteroatoms. The normalized spacial score (nSPS) is 11.1. The number of para-hydroxylation sites is 1. The largest absolute Gasteiger partial charge is 2.00 e. The van der Waals surface area contributed by atoms with Crippen LogP contribution in [-0.4, -0.2) is 24.7 Å². The molecule has 9 aromatic rings. The first-order valence-corrected chi connectivity index (χ1v) is 15.6. The van der Waals surface area contributed by atoms with Gasteiger partial charge < -0.3 is 14.3 Å². The number of hydrogen-bond donors (Lipinski definition) is 0. The molecule has 0 bridgehead atoms. The molecule has 5 aromatic carbocycles. The molecule has 4 heterocycles.